The van der Waals surface area contributed by atoms with E-state index in [4.69, 9.17) is 16.3 Å². The number of nitrogens with zero attached hydrogens (tertiary/aromatic N) is 3. The van der Waals surface area contributed by atoms with Gasteiger partial charge >= 0.3 is 0 Å². The zero-order valence-corrected chi connectivity index (χ0v) is 19.1. The molecule has 0 unspecified atom stereocenters. The molecule has 0 N–H and O–H groups in total. The van der Waals surface area contributed by atoms with E-state index in [1.807, 2.05) is 30.5 Å². The highest BCUT2D eigenvalue weighted by molar-refractivity contribution is 7.89. The number of carbonyl (C=O) groups is 1. The van der Waals surface area contributed by atoms with Gasteiger partial charge in [-0.15, -0.1) is 11.3 Å². The summed E-state index contributed by atoms with van der Waals surface area (Å²) >= 11 is 7.59. The fraction of sp³-hybridized carbons (Fsp3) is 0.238. The van der Waals surface area contributed by atoms with Crippen LogP contribution in [0.4, 0.5) is 10.8 Å². The average Bonchev–Trinajstić information content (AvgIpc) is 3.21. The molecule has 1 saturated heterocycles. The van der Waals surface area contributed by atoms with Crippen molar-refractivity contribution in [2.75, 3.05) is 31.2 Å². The predicted octanol–water partition coefficient (Wildman–Crippen LogP) is 4.10. The minimum atomic E-state index is -3.86. The maximum Gasteiger partial charge on any atom is 0.264 e. The van der Waals surface area contributed by atoms with Gasteiger partial charge in [0.05, 0.1) is 29.6 Å². The van der Waals surface area contributed by atoms with Crippen molar-refractivity contribution in [1.29, 1.82) is 0 Å². The minimum absolute atomic E-state index is 0.0689. The molecule has 0 radical (unpaired) electrons. The van der Waals surface area contributed by atoms with Gasteiger partial charge in [-0.1, -0.05) is 29.8 Å². The van der Waals surface area contributed by atoms with Crippen LogP contribution in [0.2, 0.25) is 5.02 Å². The molecule has 162 valence electrons. The first-order chi connectivity index (χ1) is 14.9. The third-order valence-electron chi connectivity index (χ3n) is 4.78. The molecule has 2 heterocycles. The number of ether oxygens (including phenoxy) is 1. The normalized spacial score (nSPS) is 15.0. The first kappa shape index (κ1) is 21.9. The lowest BCUT2D eigenvalue weighted by Crippen LogP contribution is -2.40. The minimum Gasteiger partial charge on any atom is -0.379 e. The molecule has 0 bridgehead atoms. The Morgan fingerprint density at radius 1 is 1.16 bits per heavy atom. The summed E-state index contributed by atoms with van der Waals surface area (Å²) in [7, 11) is -3.86. The average molecular weight is 478 g/mol. The Kier molecular flexibility index (Phi) is 6.40. The number of benzene rings is 2. The number of hydrogen-bond donors (Lipinski definition) is 0. The molecule has 3 aromatic rings. The third kappa shape index (κ3) is 4.51. The number of thiazole rings is 1. The van der Waals surface area contributed by atoms with Crippen molar-refractivity contribution < 1.29 is 17.9 Å². The number of para-hydroxylation sites is 1. The Morgan fingerprint density at radius 2 is 1.87 bits per heavy atom. The maximum atomic E-state index is 13.5. The number of halogens is 1. The smallest absolute Gasteiger partial charge is 0.264 e. The Morgan fingerprint density at radius 3 is 2.52 bits per heavy atom. The summed E-state index contributed by atoms with van der Waals surface area (Å²) in [6.07, 6.45) is 0. The zero-order chi connectivity index (χ0) is 22.0. The largest absolute Gasteiger partial charge is 0.379 e. The van der Waals surface area contributed by atoms with Gasteiger partial charge in [-0.05, 0) is 37.3 Å². The lowest BCUT2D eigenvalue weighted by Gasteiger charge is -2.26. The van der Waals surface area contributed by atoms with E-state index in [1.165, 1.54) is 38.7 Å². The van der Waals surface area contributed by atoms with E-state index in [2.05, 4.69) is 4.98 Å². The van der Waals surface area contributed by atoms with Crippen LogP contribution in [-0.2, 0) is 14.8 Å². The van der Waals surface area contributed by atoms with Gasteiger partial charge in [-0.2, -0.15) is 4.31 Å². The summed E-state index contributed by atoms with van der Waals surface area (Å²) < 4.78 is 32.9. The summed E-state index contributed by atoms with van der Waals surface area (Å²) in [6.45, 7) is 2.97. The highest BCUT2D eigenvalue weighted by Gasteiger charge is 2.30. The van der Waals surface area contributed by atoms with Crippen molar-refractivity contribution in [2.24, 2.45) is 0 Å². The molecule has 0 spiro atoms. The summed E-state index contributed by atoms with van der Waals surface area (Å²) in [5.41, 5.74) is 1.63. The third-order valence-corrected chi connectivity index (χ3v) is 8.11. The number of anilines is 2. The second kappa shape index (κ2) is 9.05. The predicted molar refractivity (Wildman–Crippen MR) is 121 cm³/mol. The van der Waals surface area contributed by atoms with E-state index in [0.717, 1.165) is 5.69 Å². The number of sulfonamides is 1. The van der Waals surface area contributed by atoms with Gasteiger partial charge in [0.1, 0.15) is 4.90 Å². The number of aromatic nitrogens is 1. The molecule has 1 aromatic heterocycles. The van der Waals surface area contributed by atoms with E-state index >= 15 is 0 Å². The number of aryl methyl sites for hydroxylation is 1. The van der Waals surface area contributed by atoms with Crippen LogP contribution in [0.3, 0.4) is 0 Å². The van der Waals surface area contributed by atoms with E-state index in [0.29, 0.717) is 24.0 Å². The second-order valence-corrected chi connectivity index (χ2v) is 10.1. The van der Waals surface area contributed by atoms with Crippen LogP contribution in [0.1, 0.15) is 16.1 Å². The monoisotopic (exact) mass is 477 g/mol. The highest BCUT2D eigenvalue weighted by atomic mass is 35.5. The molecule has 4 rings (SSSR count). The van der Waals surface area contributed by atoms with Crippen LogP contribution >= 0.6 is 22.9 Å². The van der Waals surface area contributed by atoms with Crippen molar-refractivity contribution in [3.8, 4) is 0 Å². The van der Waals surface area contributed by atoms with Gasteiger partial charge < -0.3 is 4.74 Å². The van der Waals surface area contributed by atoms with Gasteiger partial charge in [0.2, 0.25) is 10.0 Å². The zero-order valence-electron chi connectivity index (χ0n) is 16.7. The molecule has 1 aliphatic heterocycles. The van der Waals surface area contributed by atoms with Crippen LogP contribution in [0.15, 0.2) is 58.8 Å². The number of carbonyl (C=O) groups excluding carboxylic acids is 1. The highest BCUT2D eigenvalue weighted by Crippen LogP contribution is 2.32. The fourth-order valence-corrected chi connectivity index (χ4v) is 5.95. The molecule has 31 heavy (non-hydrogen) atoms. The standard InChI is InChI=1S/C21H20ClN3O4S2/c1-15-14-30-21(23-15)25(17-5-3-2-4-6-17)20(26)16-7-8-18(22)19(13-16)31(27,28)24-9-11-29-12-10-24/h2-8,13-14H,9-12H2,1H3. The molecule has 0 aliphatic carbocycles. The Bertz CT molecular complexity index is 1190. The van der Waals surface area contributed by atoms with Gasteiger partial charge in [-0.25, -0.2) is 13.4 Å². The molecular formula is C21H20ClN3O4S2. The summed E-state index contributed by atoms with van der Waals surface area (Å²) in [5.74, 6) is -0.393. The van der Waals surface area contributed by atoms with Crippen molar-refractivity contribution >= 4 is 49.7 Å². The van der Waals surface area contributed by atoms with Gasteiger partial charge in [0.25, 0.3) is 5.91 Å². The molecular weight excluding hydrogens is 458 g/mol. The van der Waals surface area contributed by atoms with Gasteiger partial charge in [-0.3, -0.25) is 9.69 Å². The first-order valence-electron chi connectivity index (χ1n) is 9.57. The van der Waals surface area contributed by atoms with Crippen molar-refractivity contribution in [2.45, 2.75) is 11.8 Å². The van der Waals surface area contributed by atoms with E-state index in [9.17, 15) is 13.2 Å². The SMILES string of the molecule is Cc1csc(N(C(=O)c2ccc(Cl)c(S(=O)(=O)N3CCOCC3)c2)c2ccccc2)n1. The second-order valence-electron chi connectivity index (χ2n) is 6.91. The molecule has 0 saturated carbocycles. The lowest BCUT2D eigenvalue weighted by molar-refractivity contribution is 0.0730. The van der Waals surface area contributed by atoms with Gasteiger partial charge in [0, 0.05) is 24.0 Å². The molecule has 1 aliphatic rings. The fourth-order valence-electron chi connectivity index (χ4n) is 3.23. The van der Waals surface area contributed by atoms with Crippen LogP contribution in [-0.4, -0.2) is 49.9 Å². The molecule has 10 heteroatoms. The maximum absolute atomic E-state index is 13.5. The van der Waals surface area contributed by atoms with Crippen LogP contribution in [0.5, 0.6) is 0 Å². The van der Waals surface area contributed by atoms with Gasteiger partial charge in [0.15, 0.2) is 5.13 Å². The van der Waals surface area contributed by atoms with Crippen molar-refractivity contribution in [1.82, 2.24) is 9.29 Å². The van der Waals surface area contributed by atoms with E-state index in [1.54, 1.807) is 12.1 Å². The molecule has 7 nitrogen and oxygen atoms in total. The van der Waals surface area contributed by atoms with E-state index < -0.39 is 15.9 Å². The van der Waals surface area contributed by atoms with Crippen molar-refractivity contribution in [3.63, 3.8) is 0 Å². The number of hydrogen-bond acceptors (Lipinski definition) is 6. The number of rotatable bonds is 5. The number of amides is 1. The Hall–Kier alpha value is -2.30. The Labute approximate surface area is 189 Å². The summed E-state index contributed by atoms with van der Waals surface area (Å²) in [4.78, 5) is 19.4. The topological polar surface area (TPSA) is 79.8 Å². The van der Waals surface area contributed by atoms with Crippen LogP contribution in [0.25, 0.3) is 0 Å². The van der Waals surface area contributed by atoms with E-state index in [-0.39, 0.29) is 28.6 Å². The van der Waals surface area contributed by atoms with Crippen LogP contribution < -0.4 is 4.90 Å². The molecule has 2 aromatic carbocycles. The Balaban J connectivity index is 1.76. The first-order valence-corrected chi connectivity index (χ1v) is 12.3. The summed E-state index contributed by atoms with van der Waals surface area (Å²) in [6, 6.07) is 13.4. The van der Waals surface area contributed by atoms with Crippen molar-refractivity contribution in [3.05, 3.63) is 70.2 Å². The summed E-state index contributed by atoms with van der Waals surface area (Å²) in [5, 5.41) is 2.43. The molecule has 1 amide bonds. The lowest BCUT2D eigenvalue weighted by atomic mass is 10.2. The quantitative estimate of drug-likeness (QED) is 0.552. The molecule has 0 atom stereocenters. The molecule has 1 fully saturated rings. The van der Waals surface area contributed by atoms with Crippen LogP contribution in [0, 0.1) is 6.92 Å². The number of morpholine rings is 1.